The summed E-state index contributed by atoms with van der Waals surface area (Å²) in [6.07, 6.45) is 1.83. The number of benzene rings is 1. The molecule has 0 fully saturated rings. The van der Waals surface area contributed by atoms with Gasteiger partial charge in [0, 0.05) is 12.1 Å². The lowest BCUT2D eigenvalue weighted by atomic mass is 10.1. The standard InChI is InChI=1S/C15H23NO/c1-6-12(2)17-14-9-7-8-13(10-14)11-16-15(3,4)5/h6-10,12,16H,1,11H2,2-5H3. The largest absolute Gasteiger partial charge is 0.487 e. The van der Waals surface area contributed by atoms with Crippen LogP contribution in [0.4, 0.5) is 0 Å². The van der Waals surface area contributed by atoms with Crippen LogP contribution in [0.25, 0.3) is 0 Å². The zero-order valence-corrected chi connectivity index (χ0v) is 11.3. The van der Waals surface area contributed by atoms with E-state index in [0.29, 0.717) is 0 Å². The molecule has 0 spiro atoms. The molecule has 2 nitrogen and oxygen atoms in total. The summed E-state index contributed by atoms with van der Waals surface area (Å²) in [5.74, 6) is 0.894. The first kappa shape index (κ1) is 13.8. The second-order valence-corrected chi connectivity index (χ2v) is 5.31. The van der Waals surface area contributed by atoms with Gasteiger partial charge < -0.3 is 10.1 Å². The zero-order chi connectivity index (χ0) is 12.9. The second kappa shape index (κ2) is 5.87. The fourth-order valence-electron chi connectivity index (χ4n) is 1.36. The lowest BCUT2D eigenvalue weighted by molar-refractivity contribution is 0.270. The second-order valence-electron chi connectivity index (χ2n) is 5.31. The summed E-state index contributed by atoms with van der Waals surface area (Å²) < 4.78 is 5.69. The number of hydrogen-bond acceptors (Lipinski definition) is 2. The van der Waals surface area contributed by atoms with E-state index in [9.17, 15) is 0 Å². The van der Waals surface area contributed by atoms with Crippen molar-refractivity contribution in [3.8, 4) is 5.75 Å². The Kier molecular flexibility index (Phi) is 4.76. The van der Waals surface area contributed by atoms with E-state index in [-0.39, 0.29) is 11.6 Å². The van der Waals surface area contributed by atoms with Gasteiger partial charge in [0.25, 0.3) is 0 Å². The Balaban J connectivity index is 2.62. The molecular weight excluding hydrogens is 210 g/mol. The molecule has 0 radical (unpaired) electrons. The summed E-state index contributed by atoms with van der Waals surface area (Å²) in [7, 11) is 0. The molecule has 0 aliphatic rings. The topological polar surface area (TPSA) is 21.3 Å². The molecule has 1 aromatic carbocycles. The minimum absolute atomic E-state index is 0.0424. The summed E-state index contributed by atoms with van der Waals surface area (Å²) in [6, 6.07) is 8.16. The van der Waals surface area contributed by atoms with E-state index in [1.807, 2.05) is 19.1 Å². The summed E-state index contributed by atoms with van der Waals surface area (Å²) in [5, 5.41) is 3.46. The van der Waals surface area contributed by atoms with Gasteiger partial charge in [-0.3, -0.25) is 0 Å². The van der Waals surface area contributed by atoms with E-state index in [1.165, 1.54) is 5.56 Å². The van der Waals surface area contributed by atoms with E-state index >= 15 is 0 Å². The van der Waals surface area contributed by atoms with Crippen LogP contribution in [0.5, 0.6) is 5.75 Å². The van der Waals surface area contributed by atoms with Crippen molar-refractivity contribution in [1.29, 1.82) is 0 Å². The molecule has 0 amide bonds. The lowest BCUT2D eigenvalue weighted by Crippen LogP contribution is -2.35. The fraction of sp³-hybridized carbons (Fsp3) is 0.467. The minimum atomic E-state index is 0.0424. The highest BCUT2D eigenvalue weighted by molar-refractivity contribution is 5.29. The third-order valence-electron chi connectivity index (χ3n) is 2.38. The van der Waals surface area contributed by atoms with Gasteiger partial charge in [-0.05, 0) is 45.4 Å². The summed E-state index contributed by atoms with van der Waals surface area (Å²) in [4.78, 5) is 0. The molecular formula is C15H23NO. The van der Waals surface area contributed by atoms with Crippen molar-refractivity contribution >= 4 is 0 Å². The van der Waals surface area contributed by atoms with Gasteiger partial charge in [-0.1, -0.05) is 24.8 Å². The molecule has 1 unspecified atom stereocenters. The maximum Gasteiger partial charge on any atom is 0.120 e. The van der Waals surface area contributed by atoms with E-state index < -0.39 is 0 Å². The van der Waals surface area contributed by atoms with Crippen LogP contribution in [0.1, 0.15) is 33.3 Å². The first-order chi connectivity index (χ1) is 7.90. The zero-order valence-electron chi connectivity index (χ0n) is 11.3. The van der Waals surface area contributed by atoms with Gasteiger partial charge in [0.15, 0.2) is 0 Å². The summed E-state index contributed by atoms with van der Waals surface area (Å²) >= 11 is 0. The highest BCUT2D eigenvalue weighted by Gasteiger charge is 2.08. The SMILES string of the molecule is C=CC(C)Oc1cccc(CNC(C)(C)C)c1. The highest BCUT2D eigenvalue weighted by atomic mass is 16.5. The Labute approximate surface area is 105 Å². The molecule has 0 saturated heterocycles. The molecule has 2 heteroatoms. The maximum atomic E-state index is 5.69. The Bertz CT molecular complexity index is 365. The Hall–Kier alpha value is -1.28. The average molecular weight is 233 g/mol. The van der Waals surface area contributed by atoms with Crippen molar-refractivity contribution in [2.24, 2.45) is 0 Å². The molecule has 0 aliphatic heterocycles. The predicted octanol–water partition coefficient (Wildman–Crippen LogP) is 3.53. The molecule has 1 N–H and O–H groups in total. The minimum Gasteiger partial charge on any atom is -0.487 e. The molecule has 1 aromatic rings. The highest BCUT2D eigenvalue weighted by Crippen LogP contribution is 2.15. The van der Waals surface area contributed by atoms with Crippen LogP contribution in [0.2, 0.25) is 0 Å². The van der Waals surface area contributed by atoms with Gasteiger partial charge in [0.1, 0.15) is 11.9 Å². The number of rotatable bonds is 5. The first-order valence-electron chi connectivity index (χ1n) is 6.04. The Morgan fingerprint density at radius 3 is 2.71 bits per heavy atom. The van der Waals surface area contributed by atoms with Crippen LogP contribution in [0.15, 0.2) is 36.9 Å². The van der Waals surface area contributed by atoms with Gasteiger partial charge in [-0.15, -0.1) is 0 Å². The summed E-state index contributed by atoms with van der Waals surface area (Å²) in [6.45, 7) is 13.0. The Morgan fingerprint density at radius 1 is 1.41 bits per heavy atom. The van der Waals surface area contributed by atoms with Crippen molar-refractivity contribution < 1.29 is 4.74 Å². The van der Waals surface area contributed by atoms with Crippen LogP contribution in [-0.4, -0.2) is 11.6 Å². The van der Waals surface area contributed by atoms with Crippen molar-refractivity contribution in [1.82, 2.24) is 5.32 Å². The van der Waals surface area contributed by atoms with Crippen molar-refractivity contribution in [3.63, 3.8) is 0 Å². The third-order valence-corrected chi connectivity index (χ3v) is 2.38. The van der Waals surface area contributed by atoms with Gasteiger partial charge in [0.05, 0.1) is 0 Å². The Morgan fingerprint density at radius 2 is 2.12 bits per heavy atom. The molecule has 1 rings (SSSR count). The molecule has 17 heavy (non-hydrogen) atoms. The quantitative estimate of drug-likeness (QED) is 0.786. The van der Waals surface area contributed by atoms with Gasteiger partial charge >= 0.3 is 0 Å². The maximum absolute atomic E-state index is 5.69. The van der Waals surface area contributed by atoms with Crippen molar-refractivity contribution in [2.45, 2.75) is 45.9 Å². The molecule has 0 aromatic heterocycles. The van der Waals surface area contributed by atoms with Gasteiger partial charge in [-0.2, -0.15) is 0 Å². The van der Waals surface area contributed by atoms with Crippen molar-refractivity contribution in [3.05, 3.63) is 42.5 Å². The number of nitrogens with one attached hydrogen (secondary N) is 1. The van der Waals surface area contributed by atoms with Gasteiger partial charge in [0.2, 0.25) is 0 Å². The monoisotopic (exact) mass is 233 g/mol. The smallest absolute Gasteiger partial charge is 0.120 e. The van der Waals surface area contributed by atoms with Crippen LogP contribution < -0.4 is 10.1 Å². The van der Waals surface area contributed by atoms with E-state index in [4.69, 9.17) is 4.74 Å². The average Bonchev–Trinajstić information content (AvgIpc) is 2.26. The molecule has 1 atom stereocenters. The van der Waals surface area contributed by atoms with Gasteiger partial charge in [-0.25, -0.2) is 0 Å². The molecule has 0 saturated carbocycles. The molecule has 0 aliphatic carbocycles. The van der Waals surface area contributed by atoms with Crippen LogP contribution in [0.3, 0.4) is 0 Å². The first-order valence-corrected chi connectivity index (χ1v) is 6.04. The number of hydrogen-bond donors (Lipinski definition) is 1. The van der Waals surface area contributed by atoms with Crippen molar-refractivity contribution in [2.75, 3.05) is 0 Å². The lowest BCUT2D eigenvalue weighted by Gasteiger charge is -2.21. The molecule has 94 valence electrons. The normalized spacial score (nSPS) is 13.2. The molecule has 0 bridgehead atoms. The fourth-order valence-corrected chi connectivity index (χ4v) is 1.36. The predicted molar refractivity (Wildman–Crippen MR) is 73.3 cm³/mol. The summed E-state index contributed by atoms with van der Waals surface area (Å²) in [5.41, 5.74) is 1.36. The van der Waals surface area contributed by atoms with E-state index in [2.05, 4.69) is 44.8 Å². The van der Waals surface area contributed by atoms with Crippen LogP contribution in [0, 0.1) is 0 Å². The molecule has 0 heterocycles. The third kappa shape index (κ3) is 5.55. The van der Waals surface area contributed by atoms with E-state index in [0.717, 1.165) is 12.3 Å². The van der Waals surface area contributed by atoms with E-state index in [1.54, 1.807) is 6.08 Å². The number of ether oxygens (including phenoxy) is 1. The van der Waals surface area contributed by atoms with Crippen LogP contribution in [-0.2, 0) is 6.54 Å². The van der Waals surface area contributed by atoms with Crippen LogP contribution >= 0.6 is 0 Å².